The van der Waals surface area contributed by atoms with Gasteiger partial charge in [0.15, 0.2) is 0 Å². The summed E-state index contributed by atoms with van der Waals surface area (Å²) in [6.45, 7) is 14.6. The maximum atomic E-state index is 2.51. The van der Waals surface area contributed by atoms with Gasteiger partial charge in [0, 0.05) is 0 Å². The molecule has 0 aromatic heterocycles. The summed E-state index contributed by atoms with van der Waals surface area (Å²) in [6, 6.07) is 0. The molecule has 5 atom stereocenters. The molecule has 1 aliphatic carbocycles. The summed E-state index contributed by atoms with van der Waals surface area (Å²) in [6.07, 6.45) is 2.76. The average molecular weight is 182 g/mol. The van der Waals surface area contributed by atoms with Gasteiger partial charge in [-0.25, -0.2) is 0 Å². The van der Waals surface area contributed by atoms with Crippen LogP contribution in [0, 0.1) is 29.1 Å². The largest absolute Gasteiger partial charge is 0.0651 e. The van der Waals surface area contributed by atoms with E-state index in [1.165, 1.54) is 12.8 Å². The Morgan fingerprint density at radius 2 is 1.85 bits per heavy atom. The normalized spacial score (nSPS) is 48.0. The first-order valence-corrected chi connectivity index (χ1v) is 5.94. The molecule has 0 aliphatic heterocycles. The lowest BCUT2D eigenvalue weighted by molar-refractivity contribution is 0.0850. The van der Waals surface area contributed by atoms with Crippen molar-refractivity contribution in [2.24, 2.45) is 29.1 Å². The van der Waals surface area contributed by atoms with Gasteiger partial charge in [0.25, 0.3) is 0 Å². The van der Waals surface area contributed by atoms with Crippen molar-refractivity contribution in [2.75, 3.05) is 0 Å². The highest BCUT2D eigenvalue weighted by Gasteiger charge is 2.48. The van der Waals surface area contributed by atoms with Crippen LogP contribution in [0.3, 0.4) is 0 Å². The van der Waals surface area contributed by atoms with Crippen LogP contribution in [0.5, 0.6) is 0 Å². The molecule has 0 N–H and O–H groups in total. The highest BCUT2D eigenvalue weighted by atomic mass is 14.5. The average Bonchev–Trinajstić information content (AvgIpc) is 2.30. The van der Waals surface area contributed by atoms with Crippen molar-refractivity contribution in [2.45, 2.75) is 54.4 Å². The Bertz CT molecular complexity index is 167. The molecule has 0 bridgehead atoms. The van der Waals surface area contributed by atoms with E-state index in [1.54, 1.807) is 0 Å². The van der Waals surface area contributed by atoms with Crippen molar-refractivity contribution in [1.29, 1.82) is 0 Å². The molecule has 0 amide bonds. The fourth-order valence-electron chi connectivity index (χ4n) is 3.45. The molecule has 0 aromatic rings. The Labute approximate surface area is 84.1 Å². The second-order valence-electron chi connectivity index (χ2n) is 5.58. The van der Waals surface area contributed by atoms with Crippen LogP contribution in [0.25, 0.3) is 0 Å². The topological polar surface area (TPSA) is 0 Å². The molecule has 0 nitrogen and oxygen atoms in total. The predicted octanol–water partition coefficient (Wildman–Crippen LogP) is 4.35. The molecule has 0 spiro atoms. The fourth-order valence-corrected chi connectivity index (χ4v) is 3.45. The summed E-state index contributed by atoms with van der Waals surface area (Å²) in [7, 11) is 0. The fraction of sp³-hybridized carbons (Fsp3) is 1.00. The minimum atomic E-state index is 0.591. The van der Waals surface area contributed by atoms with Crippen LogP contribution in [-0.2, 0) is 0 Å². The zero-order valence-corrected chi connectivity index (χ0v) is 10.2. The molecule has 1 rings (SSSR count). The number of hydrogen-bond donors (Lipinski definition) is 0. The van der Waals surface area contributed by atoms with Crippen molar-refractivity contribution in [1.82, 2.24) is 0 Å². The maximum Gasteiger partial charge on any atom is -0.0246 e. The van der Waals surface area contributed by atoms with E-state index in [-0.39, 0.29) is 0 Å². The van der Waals surface area contributed by atoms with E-state index < -0.39 is 0 Å². The van der Waals surface area contributed by atoms with Crippen LogP contribution in [-0.4, -0.2) is 0 Å². The van der Waals surface area contributed by atoms with Gasteiger partial charge in [-0.15, -0.1) is 0 Å². The second-order valence-corrected chi connectivity index (χ2v) is 5.58. The van der Waals surface area contributed by atoms with Crippen LogP contribution >= 0.6 is 0 Å². The standard InChI is InChI=1S/C13H26/c1-7-10(3)13(6)11(4)8-9(2)12(13)5/h9-12H,7-8H2,1-6H3. The Kier molecular flexibility index (Phi) is 3.09. The van der Waals surface area contributed by atoms with Gasteiger partial charge < -0.3 is 0 Å². The minimum absolute atomic E-state index is 0.591. The summed E-state index contributed by atoms with van der Waals surface area (Å²) in [5.74, 6) is 3.61. The van der Waals surface area contributed by atoms with E-state index in [4.69, 9.17) is 0 Å². The summed E-state index contributed by atoms with van der Waals surface area (Å²) in [5.41, 5.74) is 0.591. The SMILES string of the molecule is CCC(C)C1(C)C(C)CC(C)C1C. The van der Waals surface area contributed by atoms with Gasteiger partial charge in [0.1, 0.15) is 0 Å². The first kappa shape index (κ1) is 11.1. The van der Waals surface area contributed by atoms with Crippen LogP contribution in [0.2, 0.25) is 0 Å². The van der Waals surface area contributed by atoms with Crippen LogP contribution < -0.4 is 0 Å². The monoisotopic (exact) mass is 182 g/mol. The van der Waals surface area contributed by atoms with Gasteiger partial charge in [-0.3, -0.25) is 0 Å². The third kappa shape index (κ3) is 1.53. The molecule has 0 radical (unpaired) electrons. The highest BCUT2D eigenvalue weighted by molar-refractivity contribution is 4.96. The summed E-state index contributed by atoms with van der Waals surface area (Å²) >= 11 is 0. The molecule has 5 unspecified atom stereocenters. The zero-order valence-electron chi connectivity index (χ0n) is 10.2. The van der Waals surface area contributed by atoms with Gasteiger partial charge in [-0.2, -0.15) is 0 Å². The van der Waals surface area contributed by atoms with Crippen LogP contribution in [0.1, 0.15) is 54.4 Å². The Balaban J connectivity index is 2.86. The first-order valence-electron chi connectivity index (χ1n) is 5.94. The molecule has 1 fully saturated rings. The molecule has 0 heterocycles. The first-order chi connectivity index (χ1) is 5.94. The second kappa shape index (κ2) is 3.63. The van der Waals surface area contributed by atoms with E-state index in [0.717, 1.165) is 23.7 Å². The summed E-state index contributed by atoms with van der Waals surface area (Å²) in [5, 5.41) is 0. The van der Waals surface area contributed by atoms with Crippen molar-refractivity contribution >= 4 is 0 Å². The number of hydrogen-bond acceptors (Lipinski definition) is 0. The van der Waals surface area contributed by atoms with E-state index in [2.05, 4.69) is 41.5 Å². The Morgan fingerprint density at radius 3 is 2.15 bits per heavy atom. The number of rotatable bonds is 2. The molecule has 0 aromatic carbocycles. The quantitative estimate of drug-likeness (QED) is 0.595. The van der Waals surface area contributed by atoms with Gasteiger partial charge in [-0.1, -0.05) is 48.0 Å². The van der Waals surface area contributed by atoms with Crippen molar-refractivity contribution in [3.8, 4) is 0 Å². The highest BCUT2D eigenvalue weighted by Crippen LogP contribution is 2.55. The van der Waals surface area contributed by atoms with Gasteiger partial charge in [-0.05, 0) is 35.5 Å². The van der Waals surface area contributed by atoms with Gasteiger partial charge >= 0.3 is 0 Å². The minimum Gasteiger partial charge on any atom is -0.0651 e. The predicted molar refractivity (Wildman–Crippen MR) is 59.7 cm³/mol. The van der Waals surface area contributed by atoms with Crippen molar-refractivity contribution in [3.63, 3.8) is 0 Å². The molecular weight excluding hydrogens is 156 g/mol. The summed E-state index contributed by atoms with van der Waals surface area (Å²) in [4.78, 5) is 0. The molecule has 78 valence electrons. The molecule has 0 saturated heterocycles. The third-order valence-corrected chi connectivity index (χ3v) is 5.30. The van der Waals surface area contributed by atoms with Crippen molar-refractivity contribution < 1.29 is 0 Å². The van der Waals surface area contributed by atoms with Crippen LogP contribution in [0.4, 0.5) is 0 Å². The molecule has 13 heavy (non-hydrogen) atoms. The lowest BCUT2D eigenvalue weighted by Crippen LogP contribution is -2.33. The van der Waals surface area contributed by atoms with E-state index in [0.29, 0.717) is 5.41 Å². The maximum absolute atomic E-state index is 2.51. The molecular formula is C13H26. The molecule has 0 heteroatoms. The van der Waals surface area contributed by atoms with Gasteiger partial charge in [0.05, 0.1) is 0 Å². The smallest absolute Gasteiger partial charge is 0.0246 e. The van der Waals surface area contributed by atoms with E-state index in [9.17, 15) is 0 Å². The lowest BCUT2D eigenvalue weighted by atomic mass is 9.65. The lowest BCUT2D eigenvalue weighted by Gasteiger charge is -2.40. The Hall–Kier alpha value is 0. The van der Waals surface area contributed by atoms with E-state index in [1.807, 2.05) is 0 Å². The Morgan fingerprint density at radius 1 is 1.31 bits per heavy atom. The zero-order chi connectivity index (χ0) is 10.2. The molecule has 1 aliphatic rings. The van der Waals surface area contributed by atoms with E-state index >= 15 is 0 Å². The van der Waals surface area contributed by atoms with Gasteiger partial charge in [0.2, 0.25) is 0 Å². The van der Waals surface area contributed by atoms with Crippen LogP contribution in [0.15, 0.2) is 0 Å². The summed E-state index contributed by atoms with van der Waals surface area (Å²) < 4.78 is 0. The van der Waals surface area contributed by atoms with Crippen molar-refractivity contribution in [3.05, 3.63) is 0 Å². The molecule has 1 saturated carbocycles. The third-order valence-electron chi connectivity index (χ3n) is 5.30.